The van der Waals surface area contributed by atoms with Crippen molar-refractivity contribution < 1.29 is 9.53 Å². The third-order valence-electron chi connectivity index (χ3n) is 8.09. The second-order valence-corrected chi connectivity index (χ2v) is 11.3. The summed E-state index contributed by atoms with van der Waals surface area (Å²) in [5.41, 5.74) is 10.8. The standard InChI is InChI=1S/C36H30N4O2/c1-21-5-7-22(8-6-21)33-28-16-12-25(38-28)20-32-36(2,3)35(41)31(40-32)19-24-11-15-27(37-24)34(30-18-17-29(33)39-30)23-9-13-26(42-4)14-10-23/h5-20,37-38H,1-4H3. The predicted molar refractivity (Wildman–Crippen MR) is 169 cm³/mol. The lowest BCUT2D eigenvalue weighted by molar-refractivity contribution is 0.0919. The van der Waals surface area contributed by atoms with Gasteiger partial charge in [0.25, 0.3) is 0 Å². The topological polar surface area (TPSA) is 83.7 Å². The van der Waals surface area contributed by atoms with E-state index < -0.39 is 5.41 Å². The largest absolute Gasteiger partial charge is 0.497 e. The van der Waals surface area contributed by atoms with Gasteiger partial charge < -0.3 is 14.7 Å². The molecule has 0 spiro atoms. The Bertz CT molecular complexity index is 2060. The van der Waals surface area contributed by atoms with Crippen molar-refractivity contribution in [1.29, 1.82) is 0 Å². The number of H-pyrrole nitrogens is 2. The van der Waals surface area contributed by atoms with Gasteiger partial charge in [-0.05, 0) is 92.6 Å². The summed E-state index contributed by atoms with van der Waals surface area (Å²) in [6.45, 7) is 5.94. The van der Waals surface area contributed by atoms with Gasteiger partial charge in [-0.15, -0.1) is 0 Å². The van der Waals surface area contributed by atoms with Crippen LogP contribution in [0.25, 0.3) is 56.5 Å². The molecular weight excluding hydrogens is 520 g/mol. The number of ether oxygens (including phenoxy) is 1. The Balaban J connectivity index is 1.62. The lowest BCUT2D eigenvalue weighted by Crippen LogP contribution is -2.23. The van der Waals surface area contributed by atoms with Crippen molar-refractivity contribution in [2.24, 2.45) is 0 Å². The van der Waals surface area contributed by atoms with Gasteiger partial charge in [-0.2, -0.15) is 0 Å². The average Bonchev–Trinajstić information content (AvgIpc) is 3.78. The summed E-state index contributed by atoms with van der Waals surface area (Å²) in [7, 11) is 1.66. The zero-order chi connectivity index (χ0) is 29.0. The Morgan fingerprint density at radius 2 is 1.24 bits per heavy atom. The van der Waals surface area contributed by atoms with Crippen LogP contribution in [-0.4, -0.2) is 32.8 Å². The van der Waals surface area contributed by atoms with Gasteiger partial charge in [0.2, 0.25) is 0 Å². The predicted octanol–water partition coefficient (Wildman–Crippen LogP) is 8.30. The van der Waals surface area contributed by atoms with E-state index in [4.69, 9.17) is 14.7 Å². The molecule has 3 aromatic heterocycles. The molecule has 0 saturated carbocycles. The maximum atomic E-state index is 13.5. The number of hydrogen-bond donors (Lipinski definition) is 2. The highest BCUT2D eigenvalue weighted by molar-refractivity contribution is 6.05. The quantitative estimate of drug-likeness (QED) is 0.232. The number of methoxy groups -OCH3 is 1. The summed E-state index contributed by atoms with van der Waals surface area (Å²) >= 11 is 0. The fourth-order valence-electron chi connectivity index (χ4n) is 5.65. The van der Waals surface area contributed by atoms with Gasteiger partial charge in [0.15, 0.2) is 5.78 Å². The molecule has 6 nitrogen and oxygen atoms in total. The van der Waals surface area contributed by atoms with Crippen molar-refractivity contribution >= 4 is 40.0 Å². The van der Waals surface area contributed by atoms with Crippen LogP contribution in [0.15, 0.2) is 84.9 Å². The number of aromatic amines is 2. The summed E-state index contributed by atoms with van der Waals surface area (Å²) in [4.78, 5) is 30.6. The molecule has 8 bridgehead atoms. The fraction of sp³-hybridized carbons (Fsp3) is 0.139. The molecule has 6 heteroatoms. The van der Waals surface area contributed by atoms with Crippen LogP contribution in [0, 0.1) is 6.92 Å². The first-order valence-corrected chi connectivity index (χ1v) is 14.0. The highest BCUT2D eigenvalue weighted by Gasteiger charge is 2.37. The second-order valence-electron chi connectivity index (χ2n) is 11.3. The van der Waals surface area contributed by atoms with Gasteiger partial charge in [0.1, 0.15) is 11.4 Å². The number of aromatic nitrogens is 4. The molecule has 0 atom stereocenters. The highest BCUT2D eigenvalue weighted by Crippen LogP contribution is 2.36. The van der Waals surface area contributed by atoms with Crippen LogP contribution in [0.3, 0.4) is 0 Å². The number of Topliss-reactive ketones (excluding diaryl/α,β-unsaturated/α-hetero) is 1. The molecule has 5 heterocycles. The van der Waals surface area contributed by atoms with E-state index in [9.17, 15) is 4.79 Å². The van der Waals surface area contributed by atoms with E-state index in [1.54, 1.807) is 7.11 Å². The van der Waals surface area contributed by atoms with Gasteiger partial charge >= 0.3 is 0 Å². The van der Waals surface area contributed by atoms with Gasteiger partial charge in [-0.3, -0.25) is 4.79 Å². The van der Waals surface area contributed by atoms with Crippen LogP contribution in [0.5, 0.6) is 5.75 Å². The Hall–Kier alpha value is -5.23. The van der Waals surface area contributed by atoms with E-state index in [1.807, 2.05) is 68.4 Å². The molecule has 0 unspecified atom stereocenters. The number of carbonyl (C=O) groups is 1. The monoisotopic (exact) mass is 550 g/mol. The number of benzene rings is 2. The molecule has 5 aromatic rings. The van der Waals surface area contributed by atoms with Crippen LogP contribution in [0.1, 0.15) is 47.0 Å². The van der Waals surface area contributed by atoms with Crippen LogP contribution < -0.4 is 4.74 Å². The summed E-state index contributed by atoms with van der Waals surface area (Å²) < 4.78 is 5.42. The van der Waals surface area contributed by atoms with Crippen molar-refractivity contribution in [3.05, 3.63) is 113 Å². The van der Waals surface area contributed by atoms with Crippen LogP contribution in [-0.2, 0) is 5.41 Å². The number of fused-ring (bicyclic) bond motifs is 8. The Kier molecular flexibility index (Phi) is 5.94. The SMILES string of the molecule is COc1ccc(-c2c3nc(c(-c4ccc(C)cc4)c4ccc(cc5nc(cc6ccc2[nH]6)C(=O)C5(C)C)[nH]4)C=C3)cc1. The second kappa shape index (κ2) is 9.70. The summed E-state index contributed by atoms with van der Waals surface area (Å²) in [6.07, 6.45) is 4.14. The fourth-order valence-corrected chi connectivity index (χ4v) is 5.65. The number of ketones is 1. The molecule has 0 fully saturated rings. The lowest BCUT2D eigenvalue weighted by Gasteiger charge is -2.13. The minimum atomic E-state index is -0.744. The number of nitrogens with zero attached hydrogens (tertiary/aromatic N) is 2. The molecule has 7 rings (SSSR count). The minimum absolute atomic E-state index is 0.00539. The van der Waals surface area contributed by atoms with Gasteiger partial charge in [0, 0.05) is 33.2 Å². The third-order valence-corrected chi connectivity index (χ3v) is 8.09. The van der Waals surface area contributed by atoms with Crippen molar-refractivity contribution in [1.82, 2.24) is 19.9 Å². The number of rotatable bonds is 3. The van der Waals surface area contributed by atoms with Gasteiger partial charge in [-0.25, -0.2) is 9.97 Å². The van der Waals surface area contributed by atoms with E-state index in [2.05, 4.69) is 59.4 Å². The summed E-state index contributed by atoms with van der Waals surface area (Å²) in [6, 6.07) is 28.4. The first-order chi connectivity index (χ1) is 20.3. The number of hydrogen-bond acceptors (Lipinski definition) is 4. The van der Waals surface area contributed by atoms with E-state index in [0.29, 0.717) is 5.69 Å². The molecular formula is C36H30N4O2. The average molecular weight is 551 g/mol. The Morgan fingerprint density at radius 1 is 0.690 bits per heavy atom. The van der Waals surface area contributed by atoms with E-state index >= 15 is 0 Å². The smallest absolute Gasteiger partial charge is 0.192 e. The molecule has 2 aliphatic heterocycles. The van der Waals surface area contributed by atoms with Crippen LogP contribution >= 0.6 is 0 Å². The van der Waals surface area contributed by atoms with Crippen molar-refractivity contribution in [2.45, 2.75) is 26.2 Å². The summed E-state index contributed by atoms with van der Waals surface area (Å²) in [5.74, 6) is 0.778. The maximum Gasteiger partial charge on any atom is 0.192 e. The van der Waals surface area contributed by atoms with Gasteiger partial charge in [0.05, 0.1) is 29.6 Å². The first-order valence-electron chi connectivity index (χ1n) is 14.0. The van der Waals surface area contributed by atoms with E-state index in [1.165, 1.54) is 5.56 Å². The van der Waals surface area contributed by atoms with Gasteiger partial charge in [-0.1, -0.05) is 42.0 Å². The number of nitrogens with one attached hydrogen (secondary N) is 2. The maximum absolute atomic E-state index is 13.5. The van der Waals surface area contributed by atoms with E-state index in [-0.39, 0.29) is 5.78 Å². The van der Waals surface area contributed by atoms with E-state index in [0.717, 1.165) is 67.2 Å². The minimum Gasteiger partial charge on any atom is -0.497 e. The molecule has 2 aliphatic rings. The van der Waals surface area contributed by atoms with Crippen molar-refractivity contribution in [3.63, 3.8) is 0 Å². The van der Waals surface area contributed by atoms with Crippen LogP contribution in [0.2, 0.25) is 0 Å². The van der Waals surface area contributed by atoms with Crippen molar-refractivity contribution in [2.75, 3.05) is 7.11 Å². The highest BCUT2D eigenvalue weighted by atomic mass is 16.5. The third kappa shape index (κ3) is 4.32. The molecule has 0 saturated heterocycles. The van der Waals surface area contributed by atoms with Crippen molar-refractivity contribution in [3.8, 4) is 28.0 Å². The zero-order valence-electron chi connectivity index (χ0n) is 23.9. The molecule has 0 radical (unpaired) electrons. The van der Waals surface area contributed by atoms with Crippen LogP contribution in [0.4, 0.5) is 0 Å². The Morgan fingerprint density at radius 3 is 1.81 bits per heavy atom. The molecule has 2 N–H and O–H groups in total. The molecule has 0 amide bonds. The molecule has 2 aromatic carbocycles. The number of carbonyl (C=O) groups excluding carboxylic acids is 1. The zero-order valence-corrected chi connectivity index (χ0v) is 23.9. The molecule has 42 heavy (non-hydrogen) atoms. The first kappa shape index (κ1) is 25.7. The molecule has 206 valence electrons. The normalized spacial score (nSPS) is 13.9. The Labute approximate surface area is 243 Å². The number of aryl methyl sites for hydroxylation is 1. The lowest BCUT2D eigenvalue weighted by atomic mass is 9.85. The molecule has 0 aliphatic carbocycles. The summed E-state index contributed by atoms with van der Waals surface area (Å²) in [5, 5.41) is 0.